The first kappa shape index (κ1) is 48.3. The SMILES string of the molecule is COc1ccc(OC)c(CC(=O)NCCCN(CCCCCCCN(CCCNC(=O)Cc2cc(OC)ccc2OC)C(=O)OC(C)(C)C)C(=O)OC(C)(C)C)c1. The molecule has 0 atom stereocenters. The van der Waals surface area contributed by atoms with Gasteiger partial charge in [-0.1, -0.05) is 19.3 Å². The first-order valence-corrected chi connectivity index (χ1v) is 19.9. The van der Waals surface area contributed by atoms with E-state index in [1.807, 2.05) is 41.5 Å². The van der Waals surface area contributed by atoms with Crippen LogP contribution in [0.1, 0.15) is 97.6 Å². The van der Waals surface area contributed by atoms with E-state index < -0.39 is 11.2 Å². The fourth-order valence-corrected chi connectivity index (χ4v) is 5.88. The maximum Gasteiger partial charge on any atom is 0.410 e. The molecule has 0 radical (unpaired) electrons. The second kappa shape index (κ2) is 24.7. The molecule has 0 aliphatic heterocycles. The van der Waals surface area contributed by atoms with Crippen molar-refractivity contribution in [2.75, 3.05) is 67.7 Å². The molecule has 0 aliphatic carbocycles. The van der Waals surface area contributed by atoms with Crippen molar-refractivity contribution in [3.8, 4) is 23.0 Å². The monoisotopic (exact) mass is 800 g/mol. The molecule has 320 valence electrons. The summed E-state index contributed by atoms with van der Waals surface area (Å²) in [5, 5.41) is 5.88. The van der Waals surface area contributed by atoms with Gasteiger partial charge in [0.15, 0.2) is 0 Å². The summed E-state index contributed by atoms with van der Waals surface area (Å²) in [4.78, 5) is 54.9. The molecule has 2 N–H and O–H groups in total. The normalized spacial score (nSPS) is 11.3. The Morgan fingerprint density at radius 1 is 0.509 bits per heavy atom. The van der Waals surface area contributed by atoms with Crippen molar-refractivity contribution < 1.29 is 47.6 Å². The number of unbranched alkanes of at least 4 members (excludes halogenated alkanes) is 4. The van der Waals surface area contributed by atoms with E-state index in [0.29, 0.717) is 75.1 Å². The van der Waals surface area contributed by atoms with Crippen LogP contribution in [-0.2, 0) is 31.9 Å². The minimum Gasteiger partial charge on any atom is -0.497 e. The van der Waals surface area contributed by atoms with E-state index >= 15 is 0 Å². The Morgan fingerprint density at radius 3 is 1.19 bits per heavy atom. The molecule has 14 heteroatoms. The molecule has 4 amide bonds. The molecule has 2 aromatic rings. The highest BCUT2D eigenvalue weighted by atomic mass is 16.6. The Labute approximate surface area is 340 Å². The van der Waals surface area contributed by atoms with E-state index in [2.05, 4.69) is 10.6 Å². The Bertz CT molecular complexity index is 1440. The predicted octanol–water partition coefficient (Wildman–Crippen LogP) is 6.94. The molecule has 57 heavy (non-hydrogen) atoms. The second-order valence-electron chi connectivity index (χ2n) is 15.8. The van der Waals surface area contributed by atoms with Gasteiger partial charge < -0.3 is 48.9 Å². The minimum atomic E-state index is -0.629. The number of carbonyl (C=O) groups is 4. The predicted molar refractivity (Wildman–Crippen MR) is 220 cm³/mol. The first-order chi connectivity index (χ1) is 27.0. The zero-order valence-electron chi connectivity index (χ0n) is 36.0. The molecule has 2 rings (SSSR count). The van der Waals surface area contributed by atoms with Crippen molar-refractivity contribution in [1.29, 1.82) is 0 Å². The molecule has 0 heterocycles. The zero-order valence-corrected chi connectivity index (χ0v) is 36.0. The summed E-state index contributed by atoms with van der Waals surface area (Å²) in [6, 6.07) is 10.7. The zero-order chi connectivity index (χ0) is 42.4. The number of rotatable bonds is 24. The molecular formula is C43H68N4O10. The Balaban J connectivity index is 1.81. The highest BCUT2D eigenvalue weighted by Crippen LogP contribution is 2.25. The van der Waals surface area contributed by atoms with Crippen LogP contribution in [-0.4, -0.2) is 113 Å². The number of methoxy groups -OCH3 is 4. The molecule has 0 saturated heterocycles. The third-order valence-electron chi connectivity index (χ3n) is 8.69. The molecule has 0 unspecified atom stereocenters. The van der Waals surface area contributed by atoms with E-state index in [1.165, 1.54) is 0 Å². The number of nitrogens with one attached hydrogen (secondary N) is 2. The summed E-state index contributed by atoms with van der Waals surface area (Å²) < 4.78 is 32.7. The van der Waals surface area contributed by atoms with Crippen LogP contribution in [0.25, 0.3) is 0 Å². The summed E-state index contributed by atoms with van der Waals surface area (Å²) in [5.74, 6) is 2.22. The highest BCUT2D eigenvalue weighted by Gasteiger charge is 2.23. The third-order valence-corrected chi connectivity index (χ3v) is 8.69. The van der Waals surface area contributed by atoms with Crippen LogP contribution in [0.2, 0.25) is 0 Å². The van der Waals surface area contributed by atoms with E-state index in [-0.39, 0.29) is 36.8 Å². The van der Waals surface area contributed by atoms with Crippen LogP contribution in [0.4, 0.5) is 9.59 Å². The summed E-state index contributed by atoms with van der Waals surface area (Å²) >= 11 is 0. The number of benzene rings is 2. The second-order valence-corrected chi connectivity index (χ2v) is 15.8. The lowest BCUT2D eigenvalue weighted by Gasteiger charge is -2.28. The summed E-state index contributed by atoms with van der Waals surface area (Å²) in [6.07, 6.45) is 4.98. The molecule has 14 nitrogen and oxygen atoms in total. The standard InChI is InChI=1S/C43H68N4O10/c1-42(2,3)56-40(50)46(26-16-22-44-38(48)30-32-28-34(52-7)18-20-36(32)54-9)24-14-12-11-13-15-25-47(41(51)57-43(4,5)6)27-17-23-45-39(49)31-33-29-35(53-8)19-21-37(33)55-10/h18-21,28-29H,11-17,22-27,30-31H2,1-10H3,(H,44,48)(H,45,49). The number of ether oxygens (including phenoxy) is 6. The van der Waals surface area contributed by atoms with Gasteiger partial charge in [0.1, 0.15) is 34.2 Å². The van der Waals surface area contributed by atoms with Gasteiger partial charge in [-0.25, -0.2) is 9.59 Å². The van der Waals surface area contributed by atoms with Crippen LogP contribution >= 0.6 is 0 Å². The Kier molecular flexibility index (Phi) is 20.9. The number of hydrogen-bond donors (Lipinski definition) is 2. The molecule has 0 saturated carbocycles. The minimum absolute atomic E-state index is 0.145. The average molecular weight is 801 g/mol. The van der Waals surface area contributed by atoms with Crippen molar-refractivity contribution in [2.45, 2.75) is 111 Å². The van der Waals surface area contributed by atoms with Crippen LogP contribution in [0.3, 0.4) is 0 Å². The van der Waals surface area contributed by atoms with Gasteiger partial charge in [0, 0.05) is 50.4 Å². The van der Waals surface area contributed by atoms with Gasteiger partial charge in [-0.2, -0.15) is 0 Å². The van der Waals surface area contributed by atoms with Crippen molar-refractivity contribution in [2.24, 2.45) is 0 Å². The number of nitrogens with zero attached hydrogens (tertiary/aromatic N) is 2. The average Bonchev–Trinajstić information content (AvgIpc) is 3.14. The lowest BCUT2D eigenvalue weighted by molar-refractivity contribution is -0.121. The van der Waals surface area contributed by atoms with Gasteiger partial charge in [-0.05, 0) is 104 Å². The van der Waals surface area contributed by atoms with Gasteiger partial charge in [0.05, 0.1) is 41.3 Å². The molecule has 0 aromatic heterocycles. The summed E-state index contributed by atoms with van der Waals surface area (Å²) in [6.45, 7) is 13.8. The van der Waals surface area contributed by atoms with Crippen molar-refractivity contribution in [3.05, 3.63) is 47.5 Å². The van der Waals surface area contributed by atoms with E-state index in [9.17, 15) is 19.2 Å². The first-order valence-electron chi connectivity index (χ1n) is 19.9. The largest absolute Gasteiger partial charge is 0.497 e. The van der Waals surface area contributed by atoms with E-state index in [4.69, 9.17) is 28.4 Å². The van der Waals surface area contributed by atoms with E-state index in [0.717, 1.165) is 43.2 Å². The van der Waals surface area contributed by atoms with Crippen molar-refractivity contribution >= 4 is 24.0 Å². The smallest absolute Gasteiger partial charge is 0.410 e. The maximum absolute atomic E-state index is 13.0. The fraction of sp³-hybridized carbons (Fsp3) is 0.628. The van der Waals surface area contributed by atoms with Crippen LogP contribution in [0, 0.1) is 0 Å². The van der Waals surface area contributed by atoms with Gasteiger partial charge in [-0.15, -0.1) is 0 Å². The number of hydrogen-bond acceptors (Lipinski definition) is 10. The Hall–Kier alpha value is -4.88. The third kappa shape index (κ3) is 19.7. The molecule has 0 fully saturated rings. The van der Waals surface area contributed by atoms with Gasteiger partial charge in [-0.3, -0.25) is 9.59 Å². The molecule has 0 spiro atoms. The van der Waals surface area contributed by atoms with Crippen LogP contribution in [0.15, 0.2) is 36.4 Å². The van der Waals surface area contributed by atoms with Crippen molar-refractivity contribution in [3.63, 3.8) is 0 Å². The topological polar surface area (TPSA) is 154 Å². The summed E-state index contributed by atoms with van der Waals surface area (Å²) in [5.41, 5.74) is 0.198. The van der Waals surface area contributed by atoms with E-state index in [1.54, 1.807) is 74.6 Å². The lowest BCUT2D eigenvalue weighted by Crippen LogP contribution is -2.39. The maximum atomic E-state index is 13.0. The van der Waals surface area contributed by atoms with Crippen LogP contribution in [0.5, 0.6) is 23.0 Å². The highest BCUT2D eigenvalue weighted by molar-refractivity contribution is 5.80. The quantitative estimate of drug-likeness (QED) is 0.107. The molecule has 2 aromatic carbocycles. The molecule has 0 bridgehead atoms. The fourth-order valence-electron chi connectivity index (χ4n) is 5.88. The van der Waals surface area contributed by atoms with Crippen LogP contribution < -0.4 is 29.6 Å². The number of carbonyl (C=O) groups excluding carboxylic acids is 4. The Morgan fingerprint density at radius 2 is 0.860 bits per heavy atom. The van der Waals surface area contributed by atoms with Gasteiger partial charge in [0.25, 0.3) is 0 Å². The lowest BCUT2D eigenvalue weighted by atomic mass is 10.1. The van der Waals surface area contributed by atoms with Gasteiger partial charge in [0.2, 0.25) is 11.8 Å². The molecular weight excluding hydrogens is 732 g/mol. The van der Waals surface area contributed by atoms with Gasteiger partial charge >= 0.3 is 12.2 Å². The number of amides is 4. The summed E-state index contributed by atoms with van der Waals surface area (Å²) in [7, 11) is 6.27. The van der Waals surface area contributed by atoms with Crippen molar-refractivity contribution in [1.82, 2.24) is 20.4 Å². The molecule has 0 aliphatic rings.